The van der Waals surface area contributed by atoms with Crippen LogP contribution in [0.2, 0.25) is 0 Å². The number of nitrogens with one attached hydrogen (secondary N) is 1. The minimum Gasteiger partial charge on any atom is -0.492 e. The second-order valence-corrected chi connectivity index (χ2v) is 6.13. The van der Waals surface area contributed by atoms with Crippen molar-refractivity contribution in [1.29, 1.82) is 0 Å². The smallest absolute Gasteiger partial charge is 0.231 e. The van der Waals surface area contributed by atoms with Gasteiger partial charge in [-0.05, 0) is 18.9 Å². The van der Waals surface area contributed by atoms with Gasteiger partial charge in [0.15, 0.2) is 0 Å². The van der Waals surface area contributed by atoms with Gasteiger partial charge < -0.3 is 10.1 Å². The van der Waals surface area contributed by atoms with Crippen molar-refractivity contribution < 1.29 is 9.53 Å². The summed E-state index contributed by atoms with van der Waals surface area (Å²) in [5.74, 6) is 1.18. The molecule has 4 heteroatoms. The Morgan fingerprint density at radius 2 is 2.05 bits per heavy atom. The quantitative estimate of drug-likeness (QED) is 0.869. The summed E-state index contributed by atoms with van der Waals surface area (Å²) in [5.41, 5.74) is 0.777. The minimum atomic E-state index is -0.214. The maximum atomic E-state index is 12.6. The van der Waals surface area contributed by atoms with E-state index in [9.17, 15) is 4.79 Å². The monoisotopic (exact) mass is 293 g/mol. The van der Waals surface area contributed by atoms with Crippen LogP contribution in [-0.2, 0) is 4.79 Å². The molecule has 108 valence electrons. The Morgan fingerprint density at radius 3 is 2.80 bits per heavy atom. The molecule has 1 atom stereocenters. The molecule has 1 aromatic rings. The summed E-state index contributed by atoms with van der Waals surface area (Å²) in [6, 6.07) is 7.77. The number of carbonyl (C=O) groups is 1. The number of ether oxygens (including phenoxy) is 1. The number of para-hydroxylation sites is 1. The van der Waals surface area contributed by atoms with Crippen LogP contribution in [0.15, 0.2) is 24.3 Å². The van der Waals surface area contributed by atoms with Gasteiger partial charge in [-0.1, -0.05) is 37.5 Å². The molecule has 20 heavy (non-hydrogen) atoms. The maximum absolute atomic E-state index is 12.6. The van der Waals surface area contributed by atoms with Gasteiger partial charge in [0.2, 0.25) is 5.91 Å². The lowest BCUT2D eigenvalue weighted by molar-refractivity contribution is -0.124. The van der Waals surface area contributed by atoms with Gasteiger partial charge in [-0.15, -0.1) is 11.6 Å². The van der Waals surface area contributed by atoms with Gasteiger partial charge >= 0.3 is 0 Å². The van der Waals surface area contributed by atoms with Crippen molar-refractivity contribution in [2.45, 2.75) is 43.6 Å². The first-order chi connectivity index (χ1) is 9.74. The van der Waals surface area contributed by atoms with E-state index in [4.69, 9.17) is 16.3 Å². The molecule has 0 spiro atoms. The molecular weight excluding hydrogens is 274 g/mol. The van der Waals surface area contributed by atoms with Crippen molar-refractivity contribution in [1.82, 2.24) is 5.32 Å². The van der Waals surface area contributed by atoms with Crippen LogP contribution in [0.4, 0.5) is 0 Å². The second-order valence-electron chi connectivity index (χ2n) is 5.87. The van der Waals surface area contributed by atoms with E-state index in [1.165, 1.54) is 6.42 Å². The number of rotatable bonds is 3. The highest BCUT2D eigenvalue weighted by molar-refractivity contribution is 6.18. The van der Waals surface area contributed by atoms with Crippen molar-refractivity contribution >= 4 is 17.5 Å². The van der Waals surface area contributed by atoms with Crippen LogP contribution in [0.25, 0.3) is 0 Å². The number of benzene rings is 1. The third-order valence-corrected chi connectivity index (χ3v) is 4.98. The van der Waals surface area contributed by atoms with Gasteiger partial charge in [0.05, 0.1) is 5.54 Å². The van der Waals surface area contributed by atoms with Gasteiger partial charge in [0.1, 0.15) is 18.3 Å². The summed E-state index contributed by atoms with van der Waals surface area (Å²) in [6.07, 6.45) is 5.49. The highest BCUT2D eigenvalue weighted by Gasteiger charge is 2.37. The Kier molecular flexibility index (Phi) is 3.88. The van der Waals surface area contributed by atoms with Gasteiger partial charge in [-0.25, -0.2) is 0 Å². The molecule has 1 heterocycles. The SMILES string of the molecule is O=C(NC1(CCl)CCCCC1)C1COc2ccccc21. The topological polar surface area (TPSA) is 38.3 Å². The van der Waals surface area contributed by atoms with E-state index in [-0.39, 0.29) is 17.4 Å². The number of fused-ring (bicyclic) bond motifs is 1. The molecule has 1 saturated carbocycles. The number of hydrogen-bond acceptors (Lipinski definition) is 2. The highest BCUT2D eigenvalue weighted by atomic mass is 35.5. The van der Waals surface area contributed by atoms with Crippen molar-refractivity contribution in [3.8, 4) is 5.75 Å². The zero-order chi connectivity index (χ0) is 14.0. The van der Waals surface area contributed by atoms with Crippen molar-refractivity contribution in [2.75, 3.05) is 12.5 Å². The summed E-state index contributed by atoms with van der Waals surface area (Å²) in [6.45, 7) is 0.434. The van der Waals surface area contributed by atoms with Gasteiger partial charge in [-0.2, -0.15) is 0 Å². The number of alkyl halides is 1. The van der Waals surface area contributed by atoms with E-state index >= 15 is 0 Å². The Hall–Kier alpha value is -1.22. The zero-order valence-electron chi connectivity index (χ0n) is 11.5. The van der Waals surface area contributed by atoms with Gasteiger partial charge in [0, 0.05) is 11.4 Å². The number of halogens is 1. The van der Waals surface area contributed by atoms with E-state index < -0.39 is 0 Å². The summed E-state index contributed by atoms with van der Waals surface area (Å²) in [4.78, 5) is 12.6. The summed E-state index contributed by atoms with van der Waals surface area (Å²) in [5, 5.41) is 3.21. The first-order valence-electron chi connectivity index (χ1n) is 7.34. The lowest BCUT2D eigenvalue weighted by Crippen LogP contribution is -2.52. The van der Waals surface area contributed by atoms with Crippen LogP contribution in [0, 0.1) is 0 Å². The summed E-state index contributed by atoms with van der Waals surface area (Å²) >= 11 is 6.14. The van der Waals surface area contributed by atoms with Crippen LogP contribution in [0.5, 0.6) is 5.75 Å². The van der Waals surface area contributed by atoms with Crippen LogP contribution in [0.3, 0.4) is 0 Å². The average molecular weight is 294 g/mol. The fourth-order valence-electron chi connectivity index (χ4n) is 3.25. The molecule has 3 rings (SSSR count). The standard InChI is InChI=1S/C16H20ClNO2/c17-11-16(8-4-1-5-9-16)18-15(19)13-10-20-14-7-3-2-6-12(13)14/h2-3,6-7,13H,1,4-5,8-11H2,(H,18,19). The third kappa shape index (κ3) is 2.51. The average Bonchev–Trinajstić information content (AvgIpc) is 2.92. The predicted molar refractivity (Wildman–Crippen MR) is 79.4 cm³/mol. The van der Waals surface area contributed by atoms with Gasteiger partial charge in [-0.3, -0.25) is 4.79 Å². The van der Waals surface area contributed by atoms with E-state index in [0.29, 0.717) is 12.5 Å². The van der Waals surface area contributed by atoms with Crippen molar-refractivity contribution in [3.63, 3.8) is 0 Å². The Balaban J connectivity index is 1.74. The van der Waals surface area contributed by atoms with Crippen LogP contribution >= 0.6 is 11.6 Å². The first kappa shape index (κ1) is 13.7. The fourth-order valence-corrected chi connectivity index (χ4v) is 3.58. The molecule has 1 N–H and O–H groups in total. The Labute approximate surface area is 124 Å². The minimum absolute atomic E-state index is 0.0532. The van der Waals surface area contributed by atoms with E-state index in [1.807, 2.05) is 24.3 Å². The van der Waals surface area contributed by atoms with Crippen molar-refractivity contribution in [3.05, 3.63) is 29.8 Å². The molecule has 1 fully saturated rings. The molecule has 0 saturated heterocycles. The highest BCUT2D eigenvalue weighted by Crippen LogP contribution is 2.35. The molecule has 1 amide bonds. The van der Waals surface area contributed by atoms with E-state index in [1.54, 1.807) is 0 Å². The third-order valence-electron chi connectivity index (χ3n) is 4.47. The maximum Gasteiger partial charge on any atom is 0.231 e. The fraction of sp³-hybridized carbons (Fsp3) is 0.562. The Bertz CT molecular complexity index is 497. The summed E-state index contributed by atoms with van der Waals surface area (Å²) in [7, 11) is 0. The van der Waals surface area contributed by atoms with Crippen LogP contribution in [0.1, 0.15) is 43.6 Å². The molecule has 1 aliphatic heterocycles. The molecular formula is C16H20ClNO2. The molecule has 3 nitrogen and oxygen atoms in total. The van der Waals surface area contributed by atoms with Gasteiger partial charge in [0.25, 0.3) is 0 Å². The molecule has 0 radical (unpaired) electrons. The molecule has 1 unspecified atom stereocenters. The molecule has 0 bridgehead atoms. The molecule has 2 aliphatic rings. The Morgan fingerprint density at radius 1 is 1.30 bits per heavy atom. The predicted octanol–water partition coefficient (Wildman–Crippen LogP) is 3.22. The largest absolute Gasteiger partial charge is 0.492 e. The molecule has 1 aliphatic carbocycles. The first-order valence-corrected chi connectivity index (χ1v) is 7.87. The number of hydrogen-bond donors (Lipinski definition) is 1. The van der Waals surface area contributed by atoms with Crippen LogP contribution in [-0.4, -0.2) is 23.9 Å². The summed E-state index contributed by atoms with van der Waals surface area (Å²) < 4.78 is 5.59. The lowest BCUT2D eigenvalue weighted by Gasteiger charge is -2.37. The second kappa shape index (κ2) is 5.65. The van der Waals surface area contributed by atoms with Crippen molar-refractivity contribution in [2.24, 2.45) is 0 Å². The number of amides is 1. The number of carbonyl (C=O) groups excluding carboxylic acids is 1. The van der Waals surface area contributed by atoms with Crippen LogP contribution < -0.4 is 10.1 Å². The van der Waals surface area contributed by atoms with E-state index in [0.717, 1.165) is 37.0 Å². The van der Waals surface area contributed by atoms with E-state index in [2.05, 4.69) is 5.32 Å². The normalized spacial score (nSPS) is 23.8. The molecule has 1 aromatic carbocycles. The lowest BCUT2D eigenvalue weighted by atomic mass is 9.82. The zero-order valence-corrected chi connectivity index (χ0v) is 12.3. The molecule has 0 aromatic heterocycles.